The first-order valence-corrected chi connectivity index (χ1v) is 10.8. The number of aromatic carboxylic acids is 1. The predicted molar refractivity (Wildman–Crippen MR) is 129 cm³/mol. The molecule has 168 valence electrons. The number of esters is 1. The molecule has 6 nitrogen and oxygen atoms in total. The number of aryl methyl sites for hydroxylation is 2. The van der Waals surface area contributed by atoms with Gasteiger partial charge in [0, 0.05) is 10.9 Å². The van der Waals surface area contributed by atoms with E-state index in [0.29, 0.717) is 22.6 Å². The smallest absolute Gasteiger partial charge is 0.336 e. The number of carboxylic acids is 1. The summed E-state index contributed by atoms with van der Waals surface area (Å²) in [6, 6.07) is 21.7. The lowest BCUT2D eigenvalue weighted by molar-refractivity contribution is -0.133. The summed E-state index contributed by atoms with van der Waals surface area (Å²) in [4.78, 5) is 29.7. The van der Waals surface area contributed by atoms with Crippen molar-refractivity contribution in [2.45, 2.75) is 20.3 Å². The van der Waals surface area contributed by atoms with E-state index in [0.717, 1.165) is 22.1 Å². The molecule has 0 unspecified atom stereocenters. The predicted octanol–water partition coefficient (Wildman–Crippen LogP) is 6.11. The maximum absolute atomic E-state index is 12.6. The number of benzene rings is 3. The monoisotopic (exact) mass is 451 g/mol. The molecule has 0 fully saturated rings. The molecule has 0 aliphatic carbocycles. The Balaban J connectivity index is 1.64. The van der Waals surface area contributed by atoms with E-state index >= 15 is 0 Å². The van der Waals surface area contributed by atoms with Crippen molar-refractivity contribution in [3.63, 3.8) is 0 Å². The van der Waals surface area contributed by atoms with Crippen LogP contribution in [0.1, 0.15) is 27.0 Å². The second-order valence-corrected chi connectivity index (χ2v) is 8.15. The first-order valence-electron chi connectivity index (χ1n) is 10.8. The summed E-state index contributed by atoms with van der Waals surface area (Å²) < 4.78 is 11.7. The van der Waals surface area contributed by atoms with Gasteiger partial charge in [-0.3, -0.25) is 4.79 Å². The van der Waals surface area contributed by atoms with Crippen LogP contribution in [0.4, 0.5) is 0 Å². The first kappa shape index (κ1) is 21.4. The molecule has 1 N–H and O–H groups in total. The van der Waals surface area contributed by atoms with Crippen LogP contribution in [-0.4, -0.2) is 22.0 Å². The lowest BCUT2D eigenvalue weighted by atomic mass is 10.0. The van der Waals surface area contributed by atoms with Gasteiger partial charge in [-0.25, -0.2) is 9.78 Å². The molecule has 3 aromatic carbocycles. The number of rotatable bonds is 5. The van der Waals surface area contributed by atoms with Crippen LogP contribution in [0.15, 0.2) is 77.2 Å². The third-order valence-corrected chi connectivity index (χ3v) is 5.85. The van der Waals surface area contributed by atoms with Crippen molar-refractivity contribution in [3.05, 3.63) is 95.1 Å². The van der Waals surface area contributed by atoms with Gasteiger partial charge in [0.05, 0.1) is 22.9 Å². The molecule has 5 rings (SSSR count). The van der Waals surface area contributed by atoms with E-state index < -0.39 is 11.9 Å². The fourth-order valence-corrected chi connectivity index (χ4v) is 4.15. The van der Waals surface area contributed by atoms with Crippen molar-refractivity contribution in [2.24, 2.45) is 0 Å². The molecule has 0 radical (unpaired) electrons. The van der Waals surface area contributed by atoms with E-state index in [-0.39, 0.29) is 23.1 Å². The number of ether oxygens (including phenoxy) is 1. The number of carbonyl (C=O) groups is 2. The molecule has 5 aromatic rings. The van der Waals surface area contributed by atoms with Crippen LogP contribution in [0.25, 0.3) is 33.3 Å². The highest BCUT2D eigenvalue weighted by Crippen LogP contribution is 2.37. The molecular formula is C28H21NO5. The Hall–Kier alpha value is -4.45. The summed E-state index contributed by atoms with van der Waals surface area (Å²) in [5.41, 5.74) is 4.00. The second-order valence-electron chi connectivity index (χ2n) is 8.15. The summed E-state index contributed by atoms with van der Waals surface area (Å²) in [6.45, 7) is 3.76. The Morgan fingerprint density at radius 2 is 1.71 bits per heavy atom. The number of carbonyl (C=O) groups excluding carboxylic acids is 1. The Labute approximate surface area is 195 Å². The molecule has 0 atom stereocenters. The minimum atomic E-state index is -1.15. The van der Waals surface area contributed by atoms with Crippen LogP contribution in [0, 0.1) is 13.8 Å². The number of aromatic nitrogens is 1. The Bertz CT molecular complexity index is 1570. The van der Waals surface area contributed by atoms with Crippen molar-refractivity contribution in [1.82, 2.24) is 4.98 Å². The van der Waals surface area contributed by atoms with Crippen LogP contribution in [0.2, 0.25) is 0 Å². The van der Waals surface area contributed by atoms with Crippen molar-refractivity contribution in [2.75, 3.05) is 0 Å². The highest BCUT2D eigenvalue weighted by molar-refractivity contribution is 6.08. The zero-order valence-corrected chi connectivity index (χ0v) is 18.7. The Morgan fingerprint density at radius 3 is 2.44 bits per heavy atom. The van der Waals surface area contributed by atoms with Crippen molar-refractivity contribution in [3.8, 4) is 17.2 Å². The molecule has 34 heavy (non-hydrogen) atoms. The molecule has 6 heteroatoms. The fraction of sp³-hybridized carbons (Fsp3) is 0.107. The van der Waals surface area contributed by atoms with Gasteiger partial charge < -0.3 is 14.3 Å². The first-order chi connectivity index (χ1) is 16.4. The summed E-state index contributed by atoms with van der Waals surface area (Å²) in [5, 5.41) is 11.3. The molecule has 0 aliphatic rings. The van der Waals surface area contributed by atoms with E-state index in [1.54, 1.807) is 12.1 Å². The molecule has 0 saturated carbocycles. The van der Waals surface area contributed by atoms with Crippen molar-refractivity contribution < 1.29 is 23.8 Å². The van der Waals surface area contributed by atoms with Gasteiger partial charge >= 0.3 is 11.9 Å². The number of nitrogens with zero attached hydrogens (tertiary/aromatic N) is 1. The van der Waals surface area contributed by atoms with Gasteiger partial charge in [-0.05, 0) is 43.2 Å². The van der Waals surface area contributed by atoms with Gasteiger partial charge in [0.25, 0.3) is 0 Å². The summed E-state index contributed by atoms with van der Waals surface area (Å²) in [6.07, 6.45) is 0.0717. The highest BCUT2D eigenvalue weighted by atomic mass is 16.5. The van der Waals surface area contributed by atoms with E-state index in [9.17, 15) is 14.7 Å². The largest absolute Gasteiger partial charge is 0.478 e. The third-order valence-electron chi connectivity index (χ3n) is 5.85. The molecule has 0 amide bonds. The molecule has 0 aliphatic heterocycles. The van der Waals surface area contributed by atoms with Crippen LogP contribution in [-0.2, 0) is 11.2 Å². The molecule has 2 aromatic heterocycles. The minimum Gasteiger partial charge on any atom is -0.478 e. The maximum Gasteiger partial charge on any atom is 0.336 e. The minimum absolute atomic E-state index is 0.00827. The molecule has 0 bridgehead atoms. The standard InChI is InChI=1S/C28H21NO5/c1-16-12-13-23(33-24(30)14-18-8-4-3-5-9-18)25-20(28(31)32)15-21(29-26(16)25)27-17(2)19-10-6-7-11-22(19)34-27/h3-13,15H,14H2,1-2H3,(H,31,32). The Kier molecular flexibility index (Phi) is 5.34. The molecule has 0 spiro atoms. The number of hydrogen-bond donors (Lipinski definition) is 1. The number of para-hydroxylation sites is 1. The van der Waals surface area contributed by atoms with Crippen LogP contribution < -0.4 is 4.74 Å². The highest BCUT2D eigenvalue weighted by Gasteiger charge is 2.22. The average molecular weight is 451 g/mol. The molecular weight excluding hydrogens is 430 g/mol. The maximum atomic E-state index is 12.6. The Morgan fingerprint density at radius 1 is 0.971 bits per heavy atom. The lowest BCUT2D eigenvalue weighted by Gasteiger charge is -2.13. The van der Waals surface area contributed by atoms with Gasteiger partial charge in [-0.1, -0.05) is 54.6 Å². The zero-order chi connectivity index (χ0) is 23.8. The van der Waals surface area contributed by atoms with Gasteiger partial charge in [-0.2, -0.15) is 0 Å². The normalized spacial score (nSPS) is 11.1. The average Bonchev–Trinajstić information content (AvgIpc) is 3.17. The quantitative estimate of drug-likeness (QED) is 0.256. The van der Waals surface area contributed by atoms with Crippen molar-refractivity contribution in [1.29, 1.82) is 0 Å². The third kappa shape index (κ3) is 3.79. The van der Waals surface area contributed by atoms with Gasteiger partial charge in [0.1, 0.15) is 17.0 Å². The number of fused-ring (bicyclic) bond motifs is 2. The lowest BCUT2D eigenvalue weighted by Crippen LogP contribution is -2.12. The summed E-state index contributed by atoms with van der Waals surface area (Å²) in [7, 11) is 0. The van der Waals surface area contributed by atoms with Crippen LogP contribution in [0.3, 0.4) is 0 Å². The topological polar surface area (TPSA) is 89.6 Å². The van der Waals surface area contributed by atoms with Crippen LogP contribution >= 0.6 is 0 Å². The SMILES string of the molecule is Cc1c(-c2cc(C(=O)O)c3c(OC(=O)Cc4ccccc4)ccc(C)c3n2)oc2ccccc12. The summed E-state index contributed by atoms with van der Waals surface area (Å²) in [5.74, 6) is -0.950. The molecule has 0 saturated heterocycles. The van der Waals surface area contributed by atoms with E-state index in [1.807, 2.05) is 68.4 Å². The fourth-order valence-electron chi connectivity index (χ4n) is 4.15. The second kappa shape index (κ2) is 8.48. The number of furan rings is 1. The molecule has 2 heterocycles. The van der Waals surface area contributed by atoms with Crippen molar-refractivity contribution >= 4 is 33.8 Å². The van der Waals surface area contributed by atoms with E-state index in [4.69, 9.17) is 14.1 Å². The number of carboxylic acid groups (broad SMARTS) is 1. The van der Waals surface area contributed by atoms with E-state index in [2.05, 4.69) is 0 Å². The summed E-state index contributed by atoms with van der Waals surface area (Å²) >= 11 is 0. The van der Waals surface area contributed by atoms with Gasteiger partial charge in [0.2, 0.25) is 0 Å². The van der Waals surface area contributed by atoms with Gasteiger partial charge in [-0.15, -0.1) is 0 Å². The zero-order valence-electron chi connectivity index (χ0n) is 18.7. The number of pyridine rings is 1. The van der Waals surface area contributed by atoms with E-state index in [1.165, 1.54) is 6.07 Å². The number of hydrogen-bond acceptors (Lipinski definition) is 5. The van der Waals surface area contributed by atoms with Crippen LogP contribution in [0.5, 0.6) is 5.75 Å². The van der Waals surface area contributed by atoms with Gasteiger partial charge in [0.15, 0.2) is 5.76 Å².